The lowest BCUT2D eigenvalue weighted by Crippen LogP contribution is -2.47. The molecule has 0 radical (unpaired) electrons. The Bertz CT molecular complexity index is 352. The zero-order chi connectivity index (χ0) is 11.7. The molecule has 1 aliphatic heterocycles. The molecule has 0 aliphatic carbocycles. The Labute approximate surface area is 101 Å². The standard InChI is InChI=1S/C11H20N4S/c1-8-7-14(3)6-5-10(8)15(4)11-12-9(2)13-16-11/h8,10H,5-7H2,1-4H3. The second-order valence-electron chi connectivity index (χ2n) is 4.83. The highest BCUT2D eigenvalue weighted by molar-refractivity contribution is 7.09. The molecule has 2 unspecified atom stereocenters. The maximum Gasteiger partial charge on any atom is 0.205 e. The van der Waals surface area contributed by atoms with Crippen LogP contribution in [-0.2, 0) is 0 Å². The highest BCUT2D eigenvalue weighted by Crippen LogP contribution is 2.26. The van der Waals surface area contributed by atoms with Crippen LogP contribution in [0.1, 0.15) is 19.2 Å². The predicted octanol–water partition coefficient (Wildman–Crippen LogP) is 1.62. The number of nitrogens with zero attached hydrogens (tertiary/aromatic N) is 4. The van der Waals surface area contributed by atoms with Gasteiger partial charge in [0, 0.05) is 31.2 Å². The van der Waals surface area contributed by atoms with Gasteiger partial charge in [-0.05, 0) is 32.9 Å². The number of anilines is 1. The first-order valence-electron chi connectivity index (χ1n) is 5.79. The number of aryl methyl sites for hydroxylation is 1. The molecule has 0 saturated carbocycles. The molecule has 0 bridgehead atoms. The Balaban J connectivity index is 2.07. The molecule has 16 heavy (non-hydrogen) atoms. The van der Waals surface area contributed by atoms with E-state index < -0.39 is 0 Å². The van der Waals surface area contributed by atoms with Gasteiger partial charge in [-0.25, -0.2) is 4.98 Å². The first kappa shape index (κ1) is 11.8. The summed E-state index contributed by atoms with van der Waals surface area (Å²) in [6.45, 7) is 6.63. The molecule has 2 atom stereocenters. The average molecular weight is 240 g/mol. The van der Waals surface area contributed by atoms with E-state index in [4.69, 9.17) is 0 Å². The molecule has 5 heteroatoms. The molecule has 1 saturated heterocycles. The monoisotopic (exact) mass is 240 g/mol. The van der Waals surface area contributed by atoms with Gasteiger partial charge in [0.1, 0.15) is 5.82 Å². The minimum Gasteiger partial charge on any atom is -0.347 e. The van der Waals surface area contributed by atoms with Crippen LogP contribution in [0.25, 0.3) is 0 Å². The number of rotatable bonds is 2. The lowest BCUT2D eigenvalue weighted by atomic mass is 9.93. The van der Waals surface area contributed by atoms with Crippen LogP contribution in [0.5, 0.6) is 0 Å². The van der Waals surface area contributed by atoms with Crippen molar-refractivity contribution in [3.63, 3.8) is 0 Å². The van der Waals surface area contributed by atoms with Gasteiger partial charge in [0.15, 0.2) is 0 Å². The molecule has 90 valence electrons. The van der Waals surface area contributed by atoms with E-state index in [1.807, 2.05) is 6.92 Å². The number of piperidine rings is 1. The van der Waals surface area contributed by atoms with Gasteiger partial charge >= 0.3 is 0 Å². The highest BCUT2D eigenvalue weighted by Gasteiger charge is 2.28. The maximum atomic E-state index is 4.46. The van der Waals surface area contributed by atoms with Gasteiger partial charge in [-0.2, -0.15) is 4.37 Å². The van der Waals surface area contributed by atoms with E-state index in [1.165, 1.54) is 31.0 Å². The largest absolute Gasteiger partial charge is 0.347 e. The van der Waals surface area contributed by atoms with Gasteiger partial charge in [-0.15, -0.1) is 0 Å². The van der Waals surface area contributed by atoms with Crippen molar-refractivity contribution in [2.45, 2.75) is 26.3 Å². The normalized spacial score (nSPS) is 27.0. The third-order valence-electron chi connectivity index (χ3n) is 3.38. The van der Waals surface area contributed by atoms with Crippen molar-refractivity contribution in [1.29, 1.82) is 0 Å². The predicted molar refractivity (Wildman–Crippen MR) is 68.1 cm³/mol. The Kier molecular flexibility index (Phi) is 3.44. The van der Waals surface area contributed by atoms with Crippen molar-refractivity contribution >= 4 is 16.7 Å². The molecule has 1 aliphatic rings. The first-order chi connectivity index (χ1) is 7.58. The first-order valence-corrected chi connectivity index (χ1v) is 6.57. The molecular formula is C11H20N4S. The van der Waals surface area contributed by atoms with Crippen molar-refractivity contribution in [3.8, 4) is 0 Å². The summed E-state index contributed by atoms with van der Waals surface area (Å²) in [7, 11) is 4.34. The minimum atomic E-state index is 0.601. The second kappa shape index (κ2) is 4.67. The van der Waals surface area contributed by atoms with Gasteiger partial charge in [0.05, 0.1) is 0 Å². The van der Waals surface area contributed by atoms with E-state index in [9.17, 15) is 0 Å². The molecule has 0 N–H and O–H groups in total. The average Bonchev–Trinajstić information content (AvgIpc) is 2.64. The van der Waals surface area contributed by atoms with Crippen LogP contribution >= 0.6 is 11.5 Å². The Morgan fingerprint density at radius 3 is 2.81 bits per heavy atom. The van der Waals surface area contributed by atoms with Crippen molar-refractivity contribution < 1.29 is 0 Å². The number of hydrogen-bond acceptors (Lipinski definition) is 5. The van der Waals surface area contributed by atoms with Gasteiger partial charge in [-0.1, -0.05) is 6.92 Å². The summed E-state index contributed by atoms with van der Waals surface area (Å²) in [6, 6.07) is 0.601. The lowest BCUT2D eigenvalue weighted by Gasteiger charge is -2.39. The molecular weight excluding hydrogens is 220 g/mol. The minimum absolute atomic E-state index is 0.601. The van der Waals surface area contributed by atoms with E-state index >= 15 is 0 Å². The van der Waals surface area contributed by atoms with E-state index in [0.29, 0.717) is 12.0 Å². The zero-order valence-corrected chi connectivity index (χ0v) is 11.3. The molecule has 1 aromatic rings. The van der Waals surface area contributed by atoms with Crippen molar-refractivity contribution in [3.05, 3.63) is 5.82 Å². The smallest absolute Gasteiger partial charge is 0.205 e. The van der Waals surface area contributed by atoms with E-state index in [0.717, 1.165) is 11.0 Å². The van der Waals surface area contributed by atoms with Crippen LogP contribution in [0.3, 0.4) is 0 Å². The molecule has 0 aromatic carbocycles. The van der Waals surface area contributed by atoms with Gasteiger partial charge in [0.25, 0.3) is 0 Å². The quantitative estimate of drug-likeness (QED) is 0.786. The number of likely N-dealkylation sites (tertiary alicyclic amines) is 1. The van der Waals surface area contributed by atoms with Crippen molar-refractivity contribution in [2.75, 3.05) is 32.1 Å². The lowest BCUT2D eigenvalue weighted by molar-refractivity contribution is 0.194. The zero-order valence-electron chi connectivity index (χ0n) is 10.5. The fourth-order valence-corrected chi connectivity index (χ4v) is 3.18. The molecule has 2 rings (SSSR count). The van der Waals surface area contributed by atoms with Crippen LogP contribution in [0.4, 0.5) is 5.13 Å². The van der Waals surface area contributed by atoms with Crippen molar-refractivity contribution in [2.24, 2.45) is 5.92 Å². The molecule has 2 heterocycles. The Hall–Kier alpha value is -0.680. The Morgan fingerprint density at radius 1 is 1.50 bits per heavy atom. The summed E-state index contributed by atoms with van der Waals surface area (Å²) in [5.41, 5.74) is 0. The molecule has 1 fully saturated rings. The Morgan fingerprint density at radius 2 is 2.25 bits per heavy atom. The van der Waals surface area contributed by atoms with Crippen LogP contribution in [0, 0.1) is 12.8 Å². The van der Waals surface area contributed by atoms with Crippen LogP contribution in [0.2, 0.25) is 0 Å². The third-order valence-corrected chi connectivity index (χ3v) is 4.28. The second-order valence-corrected chi connectivity index (χ2v) is 5.56. The molecule has 0 amide bonds. The highest BCUT2D eigenvalue weighted by atomic mass is 32.1. The van der Waals surface area contributed by atoms with Crippen LogP contribution in [0.15, 0.2) is 0 Å². The fraction of sp³-hybridized carbons (Fsp3) is 0.818. The van der Waals surface area contributed by atoms with E-state index in [1.54, 1.807) is 0 Å². The van der Waals surface area contributed by atoms with Crippen LogP contribution in [-0.4, -0.2) is 47.5 Å². The van der Waals surface area contributed by atoms with Gasteiger partial charge in [-0.3, -0.25) is 0 Å². The summed E-state index contributed by atoms with van der Waals surface area (Å²) in [5, 5.41) is 1.05. The van der Waals surface area contributed by atoms with Gasteiger partial charge < -0.3 is 9.80 Å². The number of hydrogen-bond donors (Lipinski definition) is 0. The van der Waals surface area contributed by atoms with Crippen molar-refractivity contribution in [1.82, 2.24) is 14.3 Å². The molecule has 1 aromatic heterocycles. The van der Waals surface area contributed by atoms with Crippen LogP contribution < -0.4 is 4.90 Å². The van der Waals surface area contributed by atoms with E-state index in [2.05, 4.69) is 40.2 Å². The molecule has 4 nitrogen and oxygen atoms in total. The third kappa shape index (κ3) is 2.35. The summed E-state index contributed by atoms with van der Waals surface area (Å²) in [6.07, 6.45) is 1.22. The SMILES string of the molecule is Cc1nsc(N(C)C2CCN(C)CC2C)n1. The summed E-state index contributed by atoms with van der Waals surface area (Å²) >= 11 is 1.51. The number of aromatic nitrogens is 2. The summed E-state index contributed by atoms with van der Waals surface area (Å²) in [5.74, 6) is 1.57. The summed E-state index contributed by atoms with van der Waals surface area (Å²) in [4.78, 5) is 9.17. The summed E-state index contributed by atoms with van der Waals surface area (Å²) < 4.78 is 4.25. The maximum absolute atomic E-state index is 4.46. The topological polar surface area (TPSA) is 32.3 Å². The molecule has 0 spiro atoms. The van der Waals surface area contributed by atoms with E-state index in [-0.39, 0.29) is 0 Å². The van der Waals surface area contributed by atoms with Gasteiger partial charge in [0.2, 0.25) is 5.13 Å². The fourth-order valence-electron chi connectivity index (χ4n) is 2.49.